The van der Waals surface area contributed by atoms with Crippen LogP contribution >= 0.6 is 11.8 Å². The fourth-order valence-electron chi connectivity index (χ4n) is 2.19. The van der Waals surface area contributed by atoms with Gasteiger partial charge >= 0.3 is 0 Å². The molecule has 1 aliphatic rings. The number of rotatable bonds is 2. The zero-order valence-corrected chi connectivity index (χ0v) is 10.7. The fraction of sp³-hybridized carbons (Fsp3) is 0.417. The van der Waals surface area contributed by atoms with Crippen LogP contribution in [0.25, 0.3) is 0 Å². The van der Waals surface area contributed by atoms with Gasteiger partial charge in [-0.25, -0.2) is 5.01 Å². The van der Waals surface area contributed by atoms with Gasteiger partial charge in [-0.1, -0.05) is 18.2 Å². The number of hydrogen-bond acceptors (Lipinski definition) is 4. The van der Waals surface area contributed by atoms with Gasteiger partial charge in [0.2, 0.25) is 0 Å². The second-order valence-electron chi connectivity index (χ2n) is 3.97. The van der Waals surface area contributed by atoms with Crippen molar-refractivity contribution in [1.82, 2.24) is 5.01 Å². The van der Waals surface area contributed by atoms with Crippen LogP contribution in [0.15, 0.2) is 30.3 Å². The number of anilines is 1. The highest BCUT2D eigenvalue weighted by atomic mass is 32.2. The van der Waals surface area contributed by atoms with E-state index in [0.717, 1.165) is 11.4 Å². The molecule has 0 amide bonds. The van der Waals surface area contributed by atoms with Crippen LogP contribution in [0, 0.1) is 5.41 Å². The topological polar surface area (TPSA) is 30.3 Å². The predicted octanol–water partition coefficient (Wildman–Crippen LogP) is 2.45. The first-order chi connectivity index (χ1) is 7.66. The minimum absolute atomic E-state index is 0.143. The Bertz CT molecular complexity index is 379. The quantitative estimate of drug-likeness (QED) is 0.854. The number of thioether (sulfide) groups is 1. The van der Waals surface area contributed by atoms with Crippen molar-refractivity contribution in [3.63, 3.8) is 0 Å². The predicted molar refractivity (Wildman–Crippen MR) is 71.2 cm³/mol. The van der Waals surface area contributed by atoms with Gasteiger partial charge in [-0.05, 0) is 25.3 Å². The summed E-state index contributed by atoms with van der Waals surface area (Å²) in [6.45, 7) is 2.09. The van der Waals surface area contributed by atoms with Gasteiger partial charge in [0.15, 0.2) is 0 Å². The number of nitrogens with zero attached hydrogens (tertiary/aromatic N) is 2. The third-order valence-electron chi connectivity index (χ3n) is 3.01. The molecule has 0 radical (unpaired) electrons. The van der Waals surface area contributed by atoms with Crippen molar-refractivity contribution in [2.75, 3.05) is 18.3 Å². The Morgan fingerprint density at radius 2 is 1.88 bits per heavy atom. The smallest absolute Gasteiger partial charge is 0.114 e. The Morgan fingerprint density at radius 1 is 1.25 bits per heavy atom. The van der Waals surface area contributed by atoms with Crippen molar-refractivity contribution in [2.24, 2.45) is 0 Å². The van der Waals surface area contributed by atoms with E-state index in [1.165, 1.54) is 0 Å². The minimum atomic E-state index is 0.143. The molecule has 16 heavy (non-hydrogen) atoms. The second kappa shape index (κ2) is 4.47. The van der Waals surface area contributed by atoms with Gasteiger partial charge < -0.3 is 5.41 Å². The third kappa shape index (κ3) is 1.72. The van der Waals surface area contributed by atoms with Crippen LogP contribution < -0.4 is 5.01 Å². The van der Waals surface area contributed by atoms with Crippen molar-refractivity contribution >= 4 is 23.2 Å². The maximum atomic E-state index is 8.12. The first-order valence-corrected chi connectivity index (χ1v) is 6.63. The van der Waals surface area contributed by atoms with E-state index in [0.29, 0.717) is 0 Å². The molecule has 1 aliphatic heterocycles. The molecule has 86 valence electrons. The van der Waals surface area contributed by atoms with Gasteiger partial charge in [0, 0.05) is 7.05 Å². The molecular formula is C12H17N3S. The summed E-state index contributed by atoms with van der Waals surface area (Å²) in [7, 11) is 2.05. The lowest BCUT2D eigenvalue weighted by Gasteiger charge is -2.31. The van der Waals surface area contributed by atoms with Crippen LogP contribution in [0.2, 0.25) is 0 Å². The standard InChI is InChI=1S/C12H17N3S/c1-9-11(13)12(16-3)14(2)15(9)10-7-5-4-6-8-10/h4-9,12-13H,1-3H3. The van der Waals surface area contributed by atoms with Gasteiger partial charge in [0.1, 0.15) is 5.37 Å². The molecule has 0 spiro atoms. The number of para-hydroxylation sites is 1. The summed E-state index contributed by atoms with van der Waals surface area (Å²) < 4.78 is 0. The van der Waals surface area contributed by atoms with E-state index >= 15 is 0 Å². The van der Waals surface area contributed by atoms with Crippen molar-refractivity contribution in [3.8, 4) is 0 Å². The van der Waals surface area contributed by atoms with E-state index in [1.807, 2.05) is 25.2 Å². The van der Waals surface area contributed by atoms with Gasteiger partial charge in [-0.2, -0.15) is 0 Å². The van der Waals surface area contributed by atoms with Crippen LogP contribution in [0.4, 0.5) is 5.69 Å². The Labute approximate surface area is 101 Å². The highest BCUT2D eigenvalue weighted by molar-refractivity contribution is 7.99. The van der Waals surface area contributed by atoms with E-state index in [9.17, 15) is 0 Å². The van der Waals surface area contributed by atoms with Crippen LogP contribution in [0.1, 0.15) is 6.92 Å². The summed E-state index contributed by atoms with van der Waals surface area (Å²) in [4.78, 5) is 0. The van der Waals surface area contributed by atoms with E-state index < -0.39 is 0 Å². The molecule has 0 bridgehead atoms. The molecule has 1 aromatic rings. The number of nitrogens with one attached hydrogen (secondary N) is 1. The van der Waals surface area contributed by atoms with Crippen molar-refractivity contribution < 1.29 is 0 Å². The average Bonchev–Trinajstić information content (AvgIpc) is 2.51. The Balaban J connectivity index is 2.33. The lowest BCUT2D eigenvalue weighted by molar-refractivity contribution is 0.356. The maximum absolute atomic E-state index is 8.12. The zero-order chi connectivity index (χ0) is 11.7. The van der Waals surface area contributed by atoms with Gasteiger partial charge in [-0.15, -0.1) is 11.8 Å². The summed E-state index contributed by atoms with van der Waals surface area (Å²) in [6.07, 6.45) is 2.05. The molecule has 2 rings (SSSR count). The van der Waals surface area contributed by atoms with E-state index in [-0.39, 0.29) is 11.4 Å². The van der Waals surface area contributed by atoms with E-state index in [4.69, 9.17) is 5.41 Å². The lowest BCUT2D eigenvalue weighted by atomic mass is 10.2. The normalized spacial score (nSPS) is 26.4. The third-order valence-corrected chi connectivity index (χ3v) is 4.01. The Hall–Kier alpha value is -1.00. The molecule has 4 heteroatoms. The molecule has 0 saturated carbocycles. The molecule has 1 aromatic carbocycles. The van der Waals surface area contributed by atoms with E-state index in [2.05, 4.69) is 35.3 Å². The molecule has 2 atom stereocenters. The Morgan fingerprint density at radius 3 is 2.38 bits per heavy atom. The minimum Gasteiger partial charge on any atom is -0.305 e. The number of hydrogen-bond donors (Lipinski definition) is 1. The molecule has 1 fully saturated rings. The monoisotopic (exact) mass is 235 g/mol. The van der Waals surface area contributed by atoms with Crippen LogP contribution in [0.5, 0.6) is 0 Å². The van der Waals surface area contributed by atoms with Gasteiger partial charge in [0.05, 0.1) is 17.4 Å². The van der Waals surface area contributed by atoms with Crippen LogP contribution in [0.3, 0.4) is 0 Å². The summed E-state index contributed by atoms with van der Waals surface area (Å²) in [5.41, 5.74) is 1.93. The van der Waals surface area contributed by atoms with E-state index in [1.54, 1.807) is 11.8 Å². The summed E-state index contributed by atoms with van der Waals surface area (Å²) in [6, 6.07) is 10.4. The van der Waals surface area contributed by atoms with Crippen LogP contribution in [-0.4, -0.2) is 35.4 Å². The highest BCUT2D eigenvalue weighted by Crippen LogP contribution is 2.31. The molecule has 3 nitrogen and oxygen atoms in total. The first-order valence-electron chi connectivity index (χ1n) is 5.35. The largest absolute Gasteiger partial charge is 0.305 e. The van der Waals surface area contributed by atoms with Crippen molar-refractivity contribution in [3.05, 3.63) is 30.3 Å². The average molecular weight is 235 g/mol. The molecule has 1 N–H and O–H groups in total. The number of hydrazine groups is 1. The highest BCUT2D eigenvalue weighted by Gasteiger charge is 2.38. The second-order valence-corrected chi connectivity index (χ2v) is 4.89. The van der Waals surface area contributed by atoms with Crippen molar-refractivity contribution in [1.29, 1.82) is 5.41 Å². The zero-order valence-electron chi connectivity index (χ0n) is 9.84. The van der Waals surface area contributed by atoms with Crippen molar-refractivity contribution in [2.45, 2.75) is 18.3 Å². The SMILES string of the molecule is CSC1C(=N)C(C)N(c2ccccc2)N1C. The maximum Gasteiger partial charge on any atom is 0.114 e. The fourth-order valence-corrected chi connectivity index (χ4v) is 3.05. The molecule has 0 aliphatic carbocycles. The summed E-state index contributed by atoms with van der Waals surface area (Å²) in [5.74, 6) is 0. The molecular weight excluding hydrogens is 218 g/mol. The Kier molecular flexibility index (Phi) is 3.21. The molecule has 1 saturated heterocycles. The first kappa shape index (κ1) is 11.5. The molecule has 1 heterocycles. The van der Waals surface area contributed by atoms with Gasteiger partial charge in [-0.3, -0.25) is 5.01 Å². The lowest BCUT2D eigenvalue weighted by Crippen LogP contribution is -2.39. The number of benzene rings is 1. The molecule has 2 unspecified atom stereocenters. The molecule has 0 aromatic heterocycles. The summed E-state index contributed by atoms with van der Waals surface area (Å²) in [5, 5.41) is 12.6. The summed E-state index contributed by atoms with van der Waals surface area (Å²) >= 11 is 1.71. The van der Waals surface area contributed by atoms with Crippen LogP contribution in [-0.2, 0) is 0 Å². The van der Waals surface area contributed by atoms with Gasteiger partial charge in [0.25, 0.3) is 0 Å².